The zero-order valence-electron chi connectivity index (χ0n) is 8.41. The minimum absolute atomic E-state index is 0.193. The quantitative estimate of drug-likeness (QED) is 0.455. The predicted octanol–water partition coefficient (Wildman–Crippen LogP) is 0.403. The van der Waals surface area contributed by atoms with Crippen molar-refractivity contribution in [3.05, 3.63) is 29.8 Å². The van der Waals surface area contributed by atoms with E-state index in [-0.39, 0.29) is 16.4 Å². The third-order valence-electron chi connectivity index (χ3n) is 1.62. The van der Waals surface area contributed by atoms with Gasteiger partial charge in [0, 0.05) is 12.5 Å². The average Bonchev–Trinajstić information content (AvgIpc) is 2.16. The Hall–Kier alpha value is -1.73. The van der Waals surface area contributed by atoms with Crippen LogP contribution >= 0.6 is 0 Å². The smallest absolute Gasteiger partial charge is 0.282 e. The summed E-state index contributed by atoms with van der Waals surface area (Å²) in [5, 5.41) is 3.52. The van der Waals surface area contributed by atoms with Crippen LogP contribution in [-0.2, 0) is 14.9 Å². The fourth-order valence-electron chi connectivity index (χ4n) is 1.01. The Labute approximate surface area is 92.7 Å². The molecule has 0 aliphatic heterocycles. The second-order valence-corrected chi connectivity index (χ2v) is 4.33. The van der Waals surface area contributed by atoms with Crippen LogP contribution in [0.15, 0.2) is 34.3 Å². The van der Waals surface area contributed by atoms with Crippen LogP contribution < -0.4 is 5.43 Å². The summed E-state index contributed by atoms with van der Waals surface area (Å²) in [6, 6.07) is 5.75. The standard InChI is InChI=1S/C9H10N2O4S/c1-7(12)11-10-6-8-4-2-3-5-9(8)16(13,14)15/h2-6H,1H3,(H,11,12)(H,13,14,15)/b10-6+. The van der Waals surface area contributed by atoms with Crippen molar-refractivity contribution in [2.24, 2.45) is 5.10 Å². The average molecular weight is 242 g/mol. The number of hydrogen-bond acceptors (Lipinski definition) is 4. The van der Waals surface area contributed by atoms with Crippen molar-refractivity contribution < 1.29 is 17.8 Å². The van der Waals surface area contributed by atoms with E-state index in [1.54, 1.807) is 6.07 Å². The van der Waals surface area contributed by atoms with Gasteiger partial charge in [0.25, 0.3) is 10.1 Å². The molecule has 2 N–H and O–H groups in total. The molecular weight excluding hydrogens is 232 g/mol. The molecule has 1 aromatic rings. The minimum atomic E-state index is -4.29. The number of hydrogen-bond donors (Lipinski definition) is 2. The first-order valence-electron chi connectivity index (χ1n) is 4.27. The SMILES string of the molecule is CC(=O)N/N=C/c1ccccc1S(=O)(=O)O. The molecule has 7 heteroatoms. The Kier molecular flexibility index (Phi) is 3.75. The van der Waals surface area contributed by atoms with Gasteiger partial charge in [0.2, 0.25) is 5.91 Å². The summed E-state index contributed by atoms with van der Waals surface area (Å²) in [7, 11) is -4.29. The molecule has 0 fully saturated rings. The van der Waals surface area contributed by atoms with Crippen molar-refractivity contribution in [3.8, 4) is 0 Å². The van der Waals surface area contributed by atoms with E-state index in [9.17, 15) is 13.2 Å². The Morgan fingerprint density at radius 1 is 1.44 bits per heavy atom. The van der Waals surface area contributed by atoms with E-state index in [1.165, 1.54) is 25.1 Å². The number of carbonyl (C=O) groups excluding carboxylic acids is 1. The highest BCUT2D eigenvalue weighted by atomic mass is 32.2. The summed E-state index contributed by atoms with van der Waals surface area (Å²) >= 11 is 0. The second kappa shape index (κ2) is 4.86. The Bertz CT molecular complexity index is 522. The monoisotopic (exact) mass is 242 g/mol. The number of amides is 1. The number of carbonyl (C=O) groups is 1. The Balaban J connectivity index is 3.06. The highest BCUT2D eigenvalue weighted by Crippen LogP contribution is 2.12. The minimum Gasteiger partial charge on any atom is -0.282 e. The summed E-state index contributed by atoms with van der Waals surface area (Å²) in [5.41, 5.74) is 2.32. The lowest BCUT2D eigenvalue weighted by Crippen LogP contribution is -2.12. The van der Waals surface area contributed by atoms with Crippen LogP contribution in [0, 0.1) is 0 Å². The van der Waals surface area contributed by atoms with Gasteiger partial charge in [-0.3, -0.25) is 9.35 Å². The van der Waals surface area contributed by atoms with Gasteiger partial charge in [-0.2, -0.15) is 13.5 Å². The van der Waals surface area contributed by atoms with Gasteiger partial charge in [-0.25, -0.2) is 5.43 Å². The summed E-state index contributed by atoms with van der Waals surface area (Å²) in [4.78, 5) is 10.3. The van der Waals surface area contributed by atoms with Crippen LogP contribution in [0.5, 0.6) is 0 Å². The molecule has 86 valence electrons. The molecule has 0 unspecified atom stereocenters. The lowest BCUT2D eigenvalue weighted by molar-refractivity contribution is -0.118. The highest BCUT2D eigenvalue weighted by molar-refractivity contribution is 7.86. The molecule has 0 saturated heterocycles. The fourth-order valence-corrected chi connectivity index (χ4v) is 1.68. The predicted molar refractivity (Wildman–Crippen MR) is 57.7 cm³/mol. The van der Waals surface area contributed by atoms with Gasteiger partial charge in [0.05, 0.1) is 6.21 Å². The van der Waals surface area contributed by atoms with Crippen LogP contribution in [0.4, 0.5) is 0 Å². The van der Waals surface area contributed by atoms with Gasteiger partial charge in [-0.15, -0.1) is 0 Å². The van der Waals surface area contributed by atoms with E-state index in [0.717, 1.165) is 6.21 Å². The maximum atomic E-state index is 11.0. The van der Waals surface area contributed by atoms with Crippen LogP contribution in [0.3, 0.4) is 0 Å². The van der Waals surface area contributed by atoms with E-state index >= 15 is 0 Å². The lowest BCUT2D eigenvalue weighted by atomic mass is 10.2. The van der Waals surface area contributed by atoms with Gasteiger partial charge in [-0.05, 0) is 6.07 Å². The van der Waals surface area contributed by atoms with Crippen LogP contribution in [0.1, 0.15) is 12.5 Å². The number of hydrazone groups is 1. The normalized spacial score (nSPS) is 11.6. The largest absolute Gasteiger partial charge is 0.295 e. The van der Waals surface area contributed by atoms with Crippen molar-refractivity contribution in [2.75, 3.05) is 0 Å². The topological polar surface area (TPSA) is 95.8 Å². The molecule has 0 heterocycles. The maximum Gasteiger partial charge on any atom is 0.295 e. The number of rotatable bonds is 3. The van der Waals surface area contributed by atoms with Crippen molar-refractivity contribution in [2.45, 2.75) is 11.8 Å². The van der Waals surface area contributed by atoms with Crippen LogP contribution in [-0.4, -0.2) is 25.1 Å². The molecule has 0 bridgehead atoms. The third kappa shape index (κ3) is 3.44. The van der Waals surface area contributed by atoms with E-state index in [4.69, 9.17) is 4.55 Å². The number of nitrogens with zero attached hydrogens (tertiary/aromatic N) is 1. The number of nitrogens with one attached hydrogen (secondary N) is 1. The molecule has 0 atom stereocenters. The molecule has 0 radical (unpaired) electrons. The van der Waals surface area contributed by atoms with E-state index < -0.39 is 10.1 Å². The van der Waals surface area contributed by atoms with Crippen molar-refractivity contribution in [1.29, 1.82) is 0 Å². The summed E-state index contributed by atoms with van der Waals surface area (Å²) in [6.07, 6.45) is 1.14. The maximum absolute atomic E-state index is 11.0. The molecule has 1 aromatic carbocycles. The molecule has 0 spiro atoms. The molecule has 0 aliphatic carbocycles. The first kappa shape index (κ1) is 12.3. The zero-order chi connectivity index (χ0) is 12.2. The summed E-state index contributed by atoms with van der Waals surface area (Å²) in [5.74, 6) is -0.374. The van der Waals surface area contributed by atoms with E-state index in [2.05, 4.69) is 10.5 Å². The van der Waals surface area contributed by atoms with Crippen molar-refractivity contribution in [1.82, 2.24) is 5.43 Å². The molecule has 1 rings (SSSR count). The molecule has 0 aliphatic rings. The molecule has 0 saturated carbocycles. The van der Waals surface area contributed by atoms with E-state index in [1.807, 2.05) is 0 Å². The van der Waals surface area contributed by atoms with Gasteiger partial charge in [-0.1, -0.05) is 18.2 Å². The molecule has 1 amide bonds. The molecule has 16 heavy (non-hydrogen) atoms. The lowest BCUT2D eigenvalue weighted by Gasteiger charge is -2.00. The van der Waals surface area contributed by atoms with E-state index in [0.29, 0.717) is 0 Å². The van der Waals surface area contributed by atoms with Crippen LogP contribution in [0.25, 0.3) is 0 Å². The Morgan fingerprint density at radius 2 is 2.06 bits per heavy atom. The van der Waals surface area contributed by atoms with Crippen molar-refractivity contribution in [3.63, 3.8) is 0 Å². The first-order valence-corrected chi connectivity index (χ1v) is 5.71. The third-order valence-corrected chi connectivity index (χ3v) is 2.55. The Morgan fingerprint density at radius 3 is 2.62 bits per heavy atom. The van der Waals surface area contributed by atoms with Crippen molar-refractivity contribution >= 4 is 22.2 Å². The van der Waals surface area contributed by atoms with Gasteiger partial charge in [0.15, 0.2) is 0 Å². The van der Waals surface area contributed by atoms with Crippen LogP contribution in [0.2, 0.25) is 0 Å². The molecule has 0 aromatic heterocycles. The molecule has 6 nitrogen and oxygen atoms in total. The summed E-state index contributed by atoms with van der Waals surface area (Å²) in [6.45, 7) is 1.27. The highest BCUT2D eigenvalue weighted by Gasteiger charge is 2.12. The van der Waals surface area contributed by atoms with Gasteiger partial charge in [0.1, 0.15) is 4.90 Å². The zero-order valence-corrected chi connectivity index (χ0v) is 9.23. The molecular formula is C9H10N2O4S. The fraction of sp³-hybridized carbons (Fsp3) is 0.111. The number of benzene rings is 1. The van der Waals surface area contributed by atoms with Gasteiger partial charge >= 0.3 is 0 Å². The second-order valence-electron chi connectivity index (χ2n) is 2.94. The first-order chi connectivity index (χ1) is 7.41. The summed E-state index contributed by atoms with van der Waals surface area (Å²) < 4.78 is 30.8. The van der Waals surface area contributed by atoms with Gasteiger partial charge < -0.3 is 0 Å².